The highest BCUT2D eigenvalue weighted by Crippen LogP contribution is 2.29. The van der Waals surface area contributed by atoms with Crippen molar-refractivity contribution in [3.8, 4) is 5.75 Å². The van der Waals surface area contributed by atoms with Crippen molar-refractivity contribution < 1.29 is 19.8 Å². The standard InChI is InChI=1S/C16H18N2O5/c1-8-6-5-7-9-10(8)12(19)11(14(21)18(9)4)13(20)17-16(2,3)15(22)23/h5-7,19H,1-4H3,(H,17,20)(H,22,23). The van der Waals surface area contributed by atoms with Gasteiger partial charge in [0.2, 0.25) is 0 Å². The summed E-state index contributed by atoms with van der Waals surface area (Å²) in [5, 5.41) is 22.1. The average Bonchev–Trinajstić information content (AvgIpc) is 2.44. The molecule has 1 heterocycles. The molecule has 0 aliphatic rings. The van der Waals surface area contributed by atoms with Crippen LogP contribution < -0.4 is 10.9 Å². The van der Waals surface area contributed by atoms with E-state index in [0.717, 1.165) is 0 Å². The van der Waals surface area contributed by atoms with Crippen molar-refractivity contribution in [3.63, 3.8) is 0 Å². The number of benzene rings is 1. The number of hydrogen-bond acceptors (Lipinski definition) is 4. The van der Waals surface area contributed by atoms with Crippen LogP contribution in [0.1, 0.15) is 29.8 Å². The molecule has 0 bridgehead atoms. The highest BCUT2D eigenvalue weighted by atomic mass is 16.4. The Morgan fingerprint density at radius 1 is 1.26 bits per heavy atom. The summed E-state index contributed by atoms with van der Waals surface area (Å²) in [6.45, 7) is 4.33. The largest absolute Gasteiger partial charge is 0.506 e. The van der Waals surface area contributed by atoms with Gasteiger partial charge in [0.25, 0.3) is 11.5 Å². The first-order chi connectivity index (χ1) is 10.6. The van der Waals surface area contributed by atoms with Gasteiger partial charge in [-0.1, -0.05) is 12.1 Å². The van der Waals surface area contributed by atoms with Crippen molar-refractivity contribution in [3.05, 3.63) is 39.7 Å². The van der Waals surface area contributed by atoms with Crippen LogP contribution in [0.4, 0.5) is 0 Å². The first-order valence-electron chi connectivity index (χ1n) is 6.95. The number of aromatic nitrogens is 1. The summed E-state index contributed by atoms with van der Waals surface area (Å²) < 4.78 is 1.25. The topological polar surface area (TPSA) is 109 Å². The fraction of sp³-hybridized carbons (Fsp3) is 0.312. The molecule has 0 radical (unpaired) electrons. The van der Waals surface area contributed by atoms with E-state index < -0.39 is 34.3 Å². The Bertz CT molecular complexity index is 880. The van der Waals surface area contributed by atoms with Gasteiger partial charge < -0.3 is 20.1 Å². The van der Waals surface area contributed by atoms with Gasteiger partial charge in [0.15, 0.2) is 0 Å². The first-order valence-corrected chi connectivity index (χ1v) is 6.95. The number of carboxylic acid groups (broad SMARTS) is 1. The Hall–Kier alpha value is -2.83. The van der Waals surface area contributed by atoms with Gasteiger partial charge in [-0.05, 0) is 32.4 Å². The third-order valence-electron chi connectivity index (χ3n) is 3.79. The highest BCUT2D eigenvalue weighted by Gasteiger charge is 2.32. The molecular formula is C16H18N2O5. The normalized spacial score (nSPS) is 11.5. The Labute approximate surface area is 132 Å². The number of carbonyl (C=O) groups is 2. The first kappa shape index (κ1) is 16.5. The van der Waals surface area contributed by atoms with Gasteiger partial charge in [-0.2, -0.15) is 0 Å². The van der Waals surface area contributed by atoms with Gasteiger partial charge in [-0.15, -0.1) is 0 Å². The number of nitrogens with one attached hydrogen (secondary N) is 1. The molecule has 0 saturated heterocycles. The van der Waals surface area contributed by atoms with Gasteiger partial charge >= 0.3 is 5.97 Å². The van der Waals surface area contributed by atoms with Crippen LogP contribution in [0.3, 0.4) is 0 Å². The number of hydrogen-bond donors (Lipinski definition) is 3. The summed E-state index contributed by atoms with van der Waals surface area (Å²) in [7, 11) is 1.49. The van der Waals surface area contributed by atoms with Gasteiger partial charge in [0.1, 0.15) is 16.9 Å². The Kier molecular flexibility index (Phi) is 3.90. The highest BCUT2D eigenvalue weighted by molar-refractivity contribution is 6.04. The second kappa shape index (κ2) is 5.42. The van der Waals surface area contributed by atoms with Crippen molar-refractivity contribution in [1.29, 1.82) is 0 Å². The second-order valence-corrected chi connectivity index (χ2v) is 5.94. The van der Waals surface area contributed by atoms with E-state index in [1.807, 2.05) is 0 Å². The summed E-state index contributed by atoms with van der Waals surface area (Å²) in [6, 6.07) is 5.14. The molecule has 2 aromatic rings. The molecule has 0 saturated carbocycles. The molecular weight excluding hydrogens is 300 g/mol. The minimum atomic E-state index is -1.57. The SMILES string of the molecule is Cc1cccc2c1c(O)c(C(=O)NC(C)(C)C(=O)O)c(=O)n2C. The lowest BCUT2D eigenvalue weighted by molar-refractivity contribution is -0.143. The third kappa shape index (κ3) is 2.65. The number of nitrogens with zero attached hydrogens (tertiary/aromatic N) is 1. The number of amides is 1. The fourth-order valence-electron chi connectivity index (χ4n) is 2.35. The predicted molar refractivity (Wildman–Crippen MR) is 84.8 cm³/mol. The van der Waals surface area contributed by atoms with E-state index >= 15 is 0 Å². The molecule has 2 rings (SSSR count). The summed E-state index contributed by atoms with van der Waals surface area (Å²) in [6.07, 6.45) is 0. The molecule has 1 amide bonds. The lowest BCUT2D eigenvalue weighted by Gasteiger charge is -2.21. The average molecular weight is 318 g/mol. The van der Waals surface area contributed by atoms with Gasteiger partial charge in [-0.3, -0.25) is 9.59 Å². The van der Waals surface area contributed by atoms with Crippen molar-refractivity contribution in [2.24, 2.45) is 7.05 Å². The lowest BCUT2D eigenvalue weighted by Crippen LogP contribution is -2.50. The van der Waals surface area contributed by atoms with E-state index in [9.17, 15) is 19.5 Å². The minimum absolute atomic E-state index is 0.382. The zero-order valence-electron chi connectivity index (χ0n) is 13.3. The molecule has 1 aromatic heterocycles. The number of aromatic hydroxyl groups is 1. The smallest absolute Gasteiger partial charge is 0.328 e. The Balaban J connectivity index is 2.71. The molecule has 1 aromatic carbocycles. The quantitative estimate of drug-likeness (QED) is 0.786. The molecule has 122 valence electrons. The number of carbonyl (C=O) groups excluding carboxylic acids is 1. The van der Waals surface area contributed by atoms with Crippen LogP contribution in [0.25, 0.3) is 10.9 Å². The predicted octanol–water partition coefficient (Wildman–Crippen LogP) is 1.15. The molecule has 23 heavy (non-hydrogen) atoms. The zero-order valence-corrected chi connectivity index (χ0v) is 13.3. The number of aryl methyl sites for hydroxylation is 2. The minimum Gasteiger partial charge on any atom is -0.506 e. The molecule has 0 unspecified atom stereocenters. The van der Waals surface area contributed by atoms with Crippen molar-refractivity contribution >= 4 is 22.8 Å². The van der Waals surface area contributed by atoms with Crippen LogP contribution in [0, 0.1) is 6.92 Å². The molecule has 0 fully saturated rings. The van der Waals surface area contributed by atoms with E-state index in [2.05, 4.69) is 5.32 Å². The molecule has 3 N–H and O–H groups in total. The number of rotatable bonds is 3. The Morgan fingerprint density at radius 3 is 2.43 bits per heavy atom. The van der Waals surface area contributed by atoms with E-state index in [0.29, 0.717) is 16.5 Å². The Morgan fingerprint density at radius 2 is 1.87 bits per heavy atom. The van der Waals surface area contributed by atoms with Crippen LogP contribution in [-0.2, 0) is 11.8 Å². The summed E-state index contributed by atoms with van der Waals surface area (Å²) in [5.74, 6) is -2.63. The van der Waals surface area contributed by atoms with Crippen molar-refractivity contribution in [1.82, 2.24) is 9.88 Å². The maximum Gasteiger partial charge on any atom is 0.328 e. The van der Waals surface area contributed by atoms with Gasteiger partial charge in [0.05, 0.1) is 5.52 Å². The summed E-state index contributed by atoms with van der Waals surface area (Å²) in [5.41, 5.74) is -1.55. The number of pyridine rings is 1. The van der Waals surface area contributed by atoms with Crippen LogP contribution in [0.15, 0.2) is 23.0 Å². The molecule has 0 atom stereocenters. The molecule has 0 aliphatic carbocycles. The molecule has 7 nitrogen and oxygen atoms in total. The lowest BCUT2D eigenvalue weighted by atomic mass is 10.0. The number of fused-ring (bicyclic) bond motifs is 1. The van der Waals surface area contributed by atoms with E-state index in [-0.39, 0.29) is 0 Å². The fourth-order valence-corrected chi connectivity index (χ4v) is 2.35. The third-order valence-corrected chi connectivity index (χ3v) is 3.79. The number of aliphatic carboxylic acids is 1. The van der Waals surface area contributed by atoms with E-state index in [4.69, 9.17) is 5.11 Å². The van der Waals surface area contributed by atoms with Crippen LogP contribution >= 0.6 is 0 Å². The van der Waals surface area contributed by atoms with Gasteiger partial charge in [-0.25, -0.2) is 4.79 Å². The number of carboxylic acids is 1. The van der Waals surface area contributed by atoms with E-state index in [1.54, 1.807) is 25.1 Å². The van der Waals surface area contributed by atoms with Crippen molar-refractivity contribution in [2.75, 3.05) is 0 Å². The summed E-state index contributed by atoms with van der Waals surface area (Å²) >= 11 is 0. The molecule has 7 heteroatoms. The monoisotopic (exact) mass is 318 g/mol. The van der Waals surface area contributed by atoms with Gasteiger partial charge in [0, 0.05) is 12.4 Å². The van der Waals surface area contributed by atoms with Crippen LogP contribution in [-0.4, -0.2) is 32.2 Å². The van der Waals surface area contributed by atoms with E-state index in [1.165, 1.54) is 25.5 Å². The molecule has 0 spiro atoms. The van der Waals surface area contributed by atoms with Crippen molar-refractivity contribution in [2.45, 2.75) is 26.3 Å². The van der Waals surface area contributed by atoms with Crippen LogP contribution in [0.2, 0.25) is 0 Å². The summed E-state index contributed by atoms with van der Waals surface area (Å²) in [4.78, 5) is 35.9. The maximum absolute atomic E-state index is 12.4. The maximum atomic E-state index is 12.4. The van der Waals surface area contributed by atoms with Crippen LogP contribution in [0.5, 0.6) is 5.75 Å². The second-order valence-electron chi connectivity index (χ2n) is 5.94. The molecule has 0 aliphatic heterocycles. The zero-order chi connectivity index (χ0) is 17.5.